The Hall–Kier alpha value is -2.67. The first kappa shape index (κ1) is 13.8. The quantitative estimate of drug-likeness (QED) is 0.920. The zero-order chi connectivity index (χ0) is 14.5. The number of nitriles is 1. The van der Waals surface area contributed by atoms with Crippen molar-refractivity contribution < 1.29 is 9.47 Å². The van der Waals surface area contributed by atoms with E-state index in [0.717, 1.165) is 22.7 Å². The molecule has 0 spiro atoms. The first-order chi connectivity index (χ1) is 9.67. The van der Waals surface area contributed by atoms with Crippen LogP contribution in [0.25, 0.3) is 0 Å². The second-order valence-corrected chi connectivity index (χ2v) is 4.35. The number of hydrogen-bond acceptors (Lipinski definition) is 4. The lowest BCUT2D eigenvalue weighted by Gasteiger charge is -2.13. The number of nitrogens with one attached hydrogen (secondary N) is 1. The summed E-state index contributed by atoms with van der Waals surface area (Å²) in [5.74, 6) is 1.38. The standard InChI is InChI=1S/C16H16N2O2/c1-11-4-5-12(10-17)15(8-11)18-14-7-6-13(19-2)9-16(14)20-3/h4-9,18H,1-3H3. The molecule has 1 N–H and O–H groups in total. The lowest BCUT2D eigenvalue weighted by molar-refractivity contribution is 0.395. The lowest BCUT2D eigenvalue weighted by Crippen LogP contribution is -1.98. The maximum absolute atomic E-state index is 9.15. The number of benzene rings is 2. The molecule has 0 saturated carbocycles. The number of methoxy groups -OCH3 is 2. The summed E-state index contributed by atoms with van der Waals surface area (Å²) in [6, 6.07) is 13.3. The molecule has 0 fully saturated rings. The van der Waals surface area contributed by atoms with Crippen molar-refractivity contribution in [3.05, 3.63) is 47.5 Å². The van der Waals surface area contributed by atoms with Crippen LogP contribution in [0.3, 0.4) is 0 Å². The van der Waals surface area contributed by atoms with E-state index >= 15 is 0 Å². The number of hydrogen-bond donors (Lipinski definition) is 1. The van der Waals surface area contributed by atoms with Crippen molar-refractivity contribution in [1.29, 1.82) is 5.26 Å². The molecule has 0 amide bonds. The van der Waals surface area contributed by atoms with Crippen LogP contribution >= 0.6 is 0 Å². The van der Waals surface area contributed by atoms with Crippen LogP contribution in [-0.2, 0) is 0 Å². The molecule has 20 heavy (non-hydrogen) atoms. The number of aryl methyl sites for hydroxylation is 1. The maximum atomic E-state index is 9.15. The Bertz CT molecular complexity index is 660. The van der Waals surface area contributed by atoms with Gasteiger partial charge in [-0.25, -0.2) is 0 Å². The SMILES string of the molecule is COc1ccc(Nc2cc(C)ccc2C#N)c(OC)c1. The molecule has 0 aliphatic heterocycles. The molecule has 4 heteroatoms. The molecule has 0 aromatic heterocycles. The van der Waals surface area contributed by atoms with E-state index in [1.54, 1.807) is 26.4 Å². The highest BCUT2D eigenvalue weighted by Gasteiger charge is 2.08. The molecule has 4 nitrogen and oxygen atoms in total. The monoisotopic (exact) mass is 268 g/mol. The molecule has 0 bridgehead atoms. The first-order valence-corrected chi connectivity index (χ1v) is 6.17. The summed E-state index contributed by atoms with van der Waals surface area (Å²) in [5.41, 5.74) is 3.22. The predicted octanol–water partition coefficient (Wildman–Crippen LogP) is 3.63. The maximum Gasteiger partial charge on any atom is 0.145 e. The summed E-state index contributed by atoms with van der Waals surface area (Å²) >= 11 is 0. The lowest BCUT2D eigenvalue weighted by atomic mass is 10.1. The van der Waals surface area contributed by atoms with Crippen molar-refractivity contribution >= 4 is 11.4 Å². The van der Waals surface area contributed by atoms with Crippen molar-refractivity contribution in [3.8, 4) is 17.6 Å². The van der Waals surface area contributed by atoms with Crippen LogP contribution < -0.4 is 14.8 Å². The van der Waals surface area contributed by atoms with Gasteiger partial charge >= 0.3 is 0 Å². The molecule has 2 rings (SSSR count). The van der Waals surface area contributed by atoms with Crippen molar-refractivity contribution in [2.75, 3.05) is 19.5 Å². The summed E-state index contributed by atoms with van der Waals surface area (Å²) < 4.78 is 10.5. The molecule has 0 aliphatic rings. The molecule has 2 aromatic carbocycles. The van der Waals surface area contributed by atoms with Gasteiger partial charge in [-0.1, -0.05) is 6.07 Å². The number of ether oxygens (including phenoxy) is 2. The minimum Gasteiger partial charge on any atom is -0.497 e. The van der Waals surface area contributed by atoms with Crippen LogP contribution in [0.5, 0.6) is 11.5 Å². The largest absolute Gasteiger partial charge is 0.497 e. The van der Waals surface area contributed by atoms with E-state index in [1.165, 1.54) is 0 Å². The summed E-state index contributed by atoms with van der Waals surface area (Å²) in [5, 5.41) is 12.4. The molecule has 0 unspecified atom stereocenters. The first-order valence-electron chi connectivity index (χ1n) is 6.17. The van der Waals surface area contributed by atoms with E-state index in [2.05, 4.69) is 11.4 Å². The van der Waals surface area contributed by atoms with Gasteiger partial charge in [-0.2, -0.15) is 5.26 Å². The zero-order valence-electron chi connectivity index (χ0n) is 11.7. The third kappa shape index (κ3) is 2.83. The fourth-order valence-electron chi connectivity index (χ4n) is 1.91. The Kier molecular flexibility index (Phi) is 4.11. The third-order valence-corrected chi connectivity index (χ3v) is 2.97. The Morgan fingerprint density at radius 1 is 1.00 bits per heavy atom. The van der Waals surface area contributed by atoms with Gasteiger partial charge in [0, 0.05) is 6.07 Å². The van der Waals surface area contributed by atoms with Crippen molar-refractivity contribution in [1.82, 2.24) is 0 Å². The summed E-state index contributed by atoms with van der Waals surface area (Å²) in [7, 11) is 3.21. The topological polar surface area (TPSA) is 54.3 Å². The number of nitrogens with zero attached hydrogens (tertiary/aromatic N) is 1. The van der Waals surface area contributed by atoms with Gasteiger partial charge in [-0.3, -0.25) is 0 Å². The summed E-state index contributed by atoms with van der Waals surface area (Å²) in [6.45, 7) is 1.98. The van der Waals surface area contributed by atoms with E-state index in [-0.39, 0.29) is 0 Å². The highest BCUT2D eigenvalue weighted by Crippen LogP contribution is 2.32. The van der Waals surface area contributed by atoms with Crippen molar-refractivity contribution in [2.24, 2.45) is 0 Å². The number of rotatable bonds is 4. The van der Waals surface area contributed by atoms with Crippen LogP contribution in [0.1, 0.15) is 11.1 Å². The van der Waals surface area contributed by atoms with Crippen LogP contribution in [0, 0.1) is 18.3 Å². The highest BCUT2D eigenvalue weighted by atomic mass is 16.5. The average Bonchev–Trinajstić information content (AvgIpc) is 2.48. The minimum absolute atomic E-state index is 0.591. The van der Waals surface area contributed by atoms with Gasteiger partial charge in [0.2, 0.25) is 0 Å². The summed E-state index contributed by atoms with van der Waals surface area (Å²) in [6.07, 6.45) is 0. The third-order valence-electron chi connectivity index (χ3n) is 2.97. The van der Waals surface area contributed by atoms with Crippen LogP contribution in [0.4, 0.5) is 11.4 Å². The molecule has 0 heterocycles. The average molecular weight is 268 g/mol. The van der Waals surface area contributed by atoms with Gasteiger partial charge in [0.1, 0.15) is 17.6 Å². The van der Waals surface area contributed by atoms with Crippen molar-refractivity contribution in [3.63, 3.8) is 0 Å². The van der Waals surface area contributed by atoms with Crippen LogP contribution in [-0.4, -0.2) is 14.2 Å². The van der Waals surface area contributed by atoms with Gasteiger partial charge in [0.05, 0.1) is 31.2 Å². The minimum atomic E-state index is 0.591. The fourth-order valence-corrected chi connectivity index (χ4v) is 1.91. The Labute approximate surface area is 118 Å². The fraction of sp³-hybridized carbons (Fsp3) is 0.188. The van der Waals surface area contributed by atoms with E-state index < -0.39 is 0 Å². The predicted molar refractivity (Wildman–Crippen MR) is 78.7 cm³/mol. The Balaban J connectivity index is 2.40. The molecule has 0 radical (unpaired) electrons. The van der Waals surface area contributed by atoms with Gasteiger partial charge in [-0.05, 0) is 36.8 Å². The second kappa shape index (κ2) is 5.98. The van der Waals surface area contributed by atoms with E-state index in [0.29, 0.717) is 11.3 Å². The van der Waals surface area contributed by atoms with E-state index in [1.807, 2.05) is 31.2 Å². The summed E-state index contributed by atoms with van der Waals surface area (Å²) in [4.78, 5) is 0. The van der Waals surface area contributed by atoms with Crippen molar-refractivity contribution in [2.45, 2.75) is 6.92 Å². The second-order valence-electron chi connectivity index (χ2n) is 4.35. The van der Waals surface area contributed by atoms with E-state index in [4.69, 9.17) is 14.7 Å². The van der Waals surface area contributed by atoms with Gasteiger partial charge in [0.15, 0.2) is 0 Å². The number of anilines is 2. The molecular formula is C16H16N2O2. The van der Waals surface area contributed by atoms with E-state index in [9.17, 15) is 0 Å². The molecule has 0 saturated heterocycles. The highest BCUT2D eigenvalue weighted by molar-refractivity contribution is 5.72. The van der Waals surface area contributed by atoms with Gasteiger partial charge in [-0.15, -0.1) is 0 Å². The Morgan fingerprint density at radius 2 is 1.80 bits per heavy atom. The van der Waals surface area contributed by atoms with Crippen LogP contribution in [0.15, 0.2) is 36.4 Å². The smallest absolute Gasteiger partial charge is 0.145 e. The Morgan fingerprint density at radius 3 is 2.45 bits per heavy atom. The molecule has 0 aliphatic carbocycles. The molecule has 2 aromatic rings. The van der Waals surface area contributed by atoms with Crippen LogP contribution in [0.2, 0.25) is 0 Å². The molecular weight excluding hydrogens is 252 g/mol. The molecule has 0 atom stereocenters. The zero-order valence-corrected chi connectivity index (χ0v) is 11.7. The normalized spacial score (nSPS) is 9.70. The van der Waals surface area contributed by atoms with Gasteiger partial charge in [0.25, 0.3) is 0 Å². The van der Waals surface area contributed by atoms with Gasteiger partial charge < -0.3 is 14.8 Å². The molecule has 102 valence electrons.